The van der Waals surface area contributed by atoms with E-state index in [1.165, 1.54) is 0 Å². The fourth-order valence-corrected chi connectivity index (χ4v) is 4.26. The molecule has 0 spiro atoms. The average Bonchev–Trinajstić information content (AvgIpc) is 2.80. The summed E-state index contributed by atoms with van der Waals surface area (Å²) in [5.41, 5.74) is 1.99. The van der Waals surface area contributed by atoms with Gasteiger partial charge in [-0.25, -0.2) is 0 Å². The number of aromatic hydroxyl groups is 1. The summed E-state index contributed by atoms with van der Waals surface area (Å²) in [6.45, 7) is 5.89. The zero-order valence-electron chi connectivity index (χ0n) is 19.0. The minimum Gasteiger partial charge on any atom is -0.507 e. The first-order chi connectivity index (χ1) is 16.1. The number of piperidine rings is 1. The Balaban J connectivity index is 1.59. The molecule has 33 heavy (non-hydrogen) atoms. The van der Waals surface area contributed by atoms with Gasteiger partial charge in [-0.05, 0) is 51.4 Å². The van der Waals surface area contributed by atoms with Gasteiger partial charge in [0.05, 0.1) is 13.2 Å². The van der Waals surface area contributed by atoms with Crippen LogP contribution in [-0.4, -0.2) is 58.5 Å². The van der Waals surface area contributed by atoms with E-state index in [-0.39, 0.29) is 17.8 Å². The zero-order chi connectivity index (χ0) is 23.2. The predicted octanol–water partition coefficient (Wildman–Crippen LogP) is 3.81. The van der Waals surface area contributed by atoms with Crippen LogP contribution in [-0.2, 0) is 9.53 Å². The maximum absolute atomic E-state index is 11.9. The van der Waals surface area contributed by atoms with Crippen molar-refractivity contribution >= 4 is 22.6 Å². The molecule has 1 atom stereocenters. The normalized spacial score (nSPS) is 16.1. The number of hydrogen-bond acceptors (Lipinski definition) is 7. The second-order valence-corrected chi connectivity index (χ2v) is 8.07. The number of likely N-dealkylation sites (tertiary alicyclic amines) is 1. The van der Waals surface area contributed by atoms with E-state index in [0.717, 1.165) is 42.3 Å². The monoisotopic (exact) mass is 444 g/mol. The molecule has 0 bridgehead atoms. The number of anilines is 1. The van der Waals surface area contributed by atoms with E-state index in [9.17, 15) is 9.90 Å². The van der Waals surface area contributed by atoms with Crippen molar-refractivity contribution in [2.24, 2.45) is 0 Å². The van der Waals surface area contributed by atoms with Gasteiger partial charge in [-0.3, -0.25) is 9.69 Å². The number of fused-ring (bicyclic) bond motifs is 1. The molecule has 0 unspecified atom stereocenters. The zero-order valence-corrected chi connectivity index (χ0v) is 19.0. The van der Waals surface area contributed by atoms with Crippen molar-refractivity contribution in [1.82, 2.24) is 15.1 Å². The molecule has 1 saturated heterocycles. The number of esters is 1. The number of carbonyl (C=O) groups is 1. The molecule has 2 aromatic carbocycles. The lowest BCUT2D eigenvalue weighted by Crippen LogP contribution is -2.44. The topological polar surface area (TPSA) is 87.6 Å². The molecule has 2 heterocycles. The number of hydrogen-bond donors (Lipinski definition) is 2. The highest BCUT2D eigenvalue weighted by atomic mass is 16.5. The van der Waals surface area contributed by atoms with Gasteiger partial charge in [0.15, 0.2) is 5.82 Å². The van der Waals surface area contributed by atoms with Crippen LogP contribution in [0.15, 0.2) is 42.5 Å². The second-order valence-electron chi connectivity index (χ2n) is 8.07. The summed E-state index contributed by atoms with van der Waals surface area (Å²) in [5.74, 6) is 6.42. The number of benzene rings is 2. The van der Waals surface area contributed by atoms with E-state index >= 15 is 0 Å². The van der Waals surface area contributed by atoms with Gasteiger partial charge in [0.1, 0.15) is 11.4 Å². The number of rotatable bonds is 6. The number of ether oxygens (including phenoxy) is 1. The Morgan fingerprint density at radius 3 is 2.82 bits per heavy atom. The third-order valence-electron chi connectivity index (χ3n) is 5.71. The van der Waals surface area contributed by atoms with Crippen molar-refractivity contribution in [2.75, 3.05) is 31.6 Å². The molecule has 1 aromatic heterocycles. The van der Waals surface area contributed by atoms with Crippen LogP contribution < -0.4 is 5.32 Å². The lowest BCUT2D eigenvalue weighted by atomic mass is 10.0. The molecule has 1 aliphatic heterocycles. The number of phenols is 1. The molecule has 0 radical (unpaired) electrons. The summed E-state index contributed by atoms with van der Waals surface area (Å²) < 4.78 is 5.09. The third-order valence-corrected chi connectivity index (χ3v) is 5.71. The lowest BCUT2D eigenvalue weighted by Gasteiger charge is -2.32. The summed E-state index contributed by atoms with van der Waals surface area (Å²) in [6, 6.07) is 13.4. The molecule has 7 heteroatoms. The average molecular weight is 445 g/mol. The van der Waals surface area contributed by atoms with Crippen molar-refractivity contribution in [1.29, 1.82) is 0 Å². The summed E-state index contributed by atoms with van der Waals surface area (Å²) in [4.78, 5) is 14.0. The van der Waals surface area contributed by atoms with Gasteiger partial charge < -0.3 is 15.2 Å². The van der Waals surface area contributed by atoms with Crippen LogP contribution in [0.25, 0.3) is 22.0 Å². The Morgan fingerprint density at radius 2 is 2.06 bits per heavy atom. The molecule has 7 nitrogen and oxygen atoms in total. The molecule has 3 aromatic rings. The highest BCUT2D eigenvalue weighted by molar-refractivity contribution is 6.01. The predicted molar refractivity (Wildman–Crippen MR) is 129 cm³/mol. The van der Waals surface area contributed by atoms with Crippen LogP contribution in [0.1, 0.15) is 32.3 Å². The molecule has 0 amide bonds. The van der Waals surface area contributed by atoms with E-state index in [2.05, 4.69) is 32.3 Å². The van der Waals surface area contributed by atoms with Crippen molar-refractivity contribution in [3.63, 3.8) is 0 Å². The van der Waals surface area contributed by atoms with E-state index in [4.69, 9.17) is 4.74 Å². The number of phenolic OH excluding ortho intramolecular Hbond substituents is 1. The van der Waals surface area contributed by atoms with Crippen LogP contribution in [0.3, 0.4) is 0 Å². The number of carbonyl (C=O) groups excluding carboxylic acids is 1. The molecule has 4 rings (SSSR count). The maximum Gasteiger partial charge on any atom is 0.320 e. The summed E-state index contributed by atoms with van der Waals surface area (Å²) in [7, 11) is 0. The minimum atomic E-state index is -0.191. The largest absolute Gasteiger partial charge is 0.507 e. The van der Waals surface area contributed by atoms with Gasteiger partial charge in [0.25, 0.3) is 0 Å². The molecular weight excluding hydrogens is 416 g/mol. The Morgan fingerprint density at radius 1 is 1.24 bits per heavy atom. The standard InChI is InChI=1S/C26H28N4O3/c1-3-8-18-12-13-22(23(31)15-18)25-20-10-5-6-11-21(20)26(29-28-25)27-19-9-7-14-30(16-19)17-24(32)33-4-2/h5-6,10-13,15,19,31H,4,7,9,14,16-17H2,1-2H3,(H,27,29)/t19-/m1/s1. The quantitative estimate of drug-likeness (QED) is 0.441. The SMILES string of the molecule is CC#Cc1ccc(-c2nnc(N[C@@H]3CCCN(CC(=O)OCC)C3)c3ccccc23)c(O)c1. The fraction of sp³-hybridized carbons (Fsp3) is 0.346. The van der Waals surface area contributed by atoms with Gasteiger partial charge >= 0.3 is 5.97 Å². The summed E-state index contributed by atoms with van der Waals surface area (Å²) in [6.07, 6.45) is 1.97. The molecular formula is C26H28N4O3. The fourth-order valence-electron chi connectivity index (χ4n) is 4.26. The molecule has 2 N–H and O–H groups in total. The van der Waals surface area contributed by atoms with Crippen LogP contribution in [0, 0.1) is 11.8 Å². The Hall–Kier alpha value is -3.63. The Bertz CT molecular complexity index is 1220. The van der Waals surface area contributed by atoms with Crippen LogP contribution >= 0.6 is 0 Å². The third kappa shape index (κ3) is 5.24. The van der Waals surface area contributed by atoms with Gasteiger partial charge in [-0.15, -0.1) is 16.1 Å². The maximum atomic E-state index is 11.9. The van der Waals surface area contributed by atoms with Crippen molar-refractivity contribution in [3.05, 3.63) is 48.0 Å². The molecule has 170 valence electrons. The minimum absolute atomic E-state index is 0.122. The van der Waals surface area contributed by atoms with Crippen LogP contribution in [0.4, 0.5) is 5.82 Å². The van der Waals surface area contributed by atoms with Crippen molar-refractivity contribution < 1.29 is 14.6 Å². The smallest absolute Gasteiger partial charge is 0.320 e. The molecule has 0 aliphatic carbocycles. The van der Waals surface area contributed by atoms with Crippen LogP contribution in [0.5, 0.6) is 5.75 Å². The highest BCUT2D eigenvalue weighted by Crippen LogP contribution is 2.35. The highest BCUT2D eigenvalue weighted by Gasteiger charge is 2.23. The summed E-state index contributed by atoms with van der Waals surface area (Å²) in [5, 5.41) is 24.9. The van der Waals surface area contributed by atoms with E-state index in [1.54, 1.807) is 13.0 Å². The van der Waals surface area contributed by atoms with Crippen molar-refractivity contribution in [2.45, 2.75) is 32.7 Å². The number of nitrogens with zero attached hydrogens (tertiary/aromatic N) is 3. The van der Waals surface area contributed by atoms with E-state index in [0.29, 0.717) is 30.2 Å². The Kier molecular flexibility index (Phi) is 7.06. The van der Waals surface area contributed by atoms with E-state index < -0.39 is 0 Å². The molecule has 1 aliphatic rings. The molecule has 0 saturated carbocycles. The van der Waals surface area contributed by atoms with Gasteiger partial charge in [0.2, 0.25) is 0 Å². The second kappa shape index (κ2) is 10.3. The van der Waals surface area contributed by atoms with Gasteiger partial charge in [-0.1, -0.05) is 30.2 Å². The Labute approximate surface area is 193 Å². The first-order valence-electron chi connectivity index (χ1n) is 11.2. The van der Waals surface area contributed by atoms with Crippen LogP contribution in [0.2, 0.25) is 0 Å². The first-order valence-corrected chi connectivity index (χ1v) is 11.2. The summed E-state index contributed by atoms with van der Waals surface area (Å²) >= 11 is 0. The lowest BCUT2D eigenvalue weighted by molar-refractivity contribution is -0.144. The number of aromatic nitrogens is 2. The number of nitrogens with one attached hydrogen (secondary N) is 1. The van der Waals surface area contributed by atoms with Crippen molar-refractivity contribution in [3.8, 4) is 28.8 Å². The first kappa shape index (κ1) is 22.6. The van der Waals surface area contributed by atoms with Gasteiger partial charge in [0, 0.05) is 34.5 Å². The molecule has 1 fully saturated rings. The van der Waals surface area contributed by atoms with Gasteiger partial charge in [-0.2, -0.15) is 0 Å². The van der Waals surface area contributed by atoms with E-state index in [1.807, 2.05) is 43.3 Å².